The van der Waals surface area contributed by atoms with E-state index in [4.69, 9.17) is 0 Å². The predicted molar refractivity (Wildman–Crippen MR) is 124 cm³/mol. The van der Waals surface area contributed by atoms with Crippen LogP contribution >= 0.6 is 0 Å². The standard InChI is InChI=1S/C24H29F2N3O5S/c1-14-21(23(31)27-15-5-8-18(25)19(26)10-15)28-9-3-2-4-20(28)22(14)35(33,34)29-16-6-7-17(29)12-24(32,11-16)13-30/h5,8,10,16-17,30,32H,2-4,6-7,9,11-13H2,1H3,(H,27,31). The van der Waals surface area contributed by atoms with Crippen LogP contribution in [-0.4, -0.2) is 57.7 Å². The van der Waals surface area contributed by atoms with Gasteiger partial charge in [-0.15, -0.1) is 0 Å². The average molecular weight is 510 g/mol. The number of fused-ring (bicyclic) bond motifs is 3. The van der Waals surface area contributed by atoms with Crippen molar-refractivity contribution in [2.75, 3.05) is 11.9 Å². The summed E-state index contributed by atoms with van der Waals surface area (Å²) in [5.41, 5.74) is -0.126. The molecule has 0 saturated carbocycles. The van der Waals surface area contributed by atoms with Gasteiger partial charge in [-0.05, 0) is 64.0 Å². The van der Waals surface area contributed by atoms with E-state index in [2.05, 4.69) is 5.32 Å². The van der Waals surface area contributed by atoms with E-state index in [-0.39, 0.29) is 29.1 Å². The SMILES string of the molecule is Cc1c(S(=O)(=O)N2C3CCC2CC(O)(CO)C3)c2n(c1C(=O)Nc1ccc(F)c(F)c1)CCCC2. The first kappa shape index (κ1) is 24.4. The van der Waals surface area contributed by atoms with Crippen LogP contribution in [0.15, 0.2) is 23.1 Å². The Kier molecular flexibility index (Phi) is 6.02. The number of rotatable bonds is 5. The number of hydrogen-bond donors (Lipinski definition) is 3. The number of nitrogens with zero attached hydrogens (tertiary/aromatic N) is 2. The van der Waals surface area contributed by atoms with Gasteiger partial charge in [0, 0.05) is 41.6 Å². The van der Waals surface area contributed by atoms with E-state index in [1.165, 1.54) is 10.4 Å². The van der Waals surface area contributed by atoms with Gasteiger partial charge >= 0.3 is 0 Å². The molecule has 2 fully saturated rings. The number of aliphatic hydroxyl groups is 2. The highest BCUT2D eigenvalue weighted by atomic mass is 32.2. The van der Waals surface area contributed by atoms with Crippen molar-refractivity contribution in [2.24, 2.45) is 0 Å². The number of sulfonamides is 1. The highest BCUT2D eigenvalue weighted by Gasteiger charge is 2.53. The maximum atomic E-state index is 14.1. The average Bonchev–Trinajstić information content (AvgIpc) is 3.28. The van der Waals surface area contributed by atoms with Crippen molar-refractivity contribution in [3.8, 4) is 0 Å². The molecule has 0 radical (unpaired) electrons. The van der Waals surface area contributed by atoms with Crippen LogP contribution < -0.4 is 5.32 Å². The van der Waals surface area contributed by atoms with Gasteiger partial charge in [0.05, 0.1) is 12.2 Å². The number of halogens is 2. The molecule has 5 rings (SSSR count). The molecule has 1 aromatic heterocycles. The summed E-state index contributed by atoms with van der Waals surface area (Å²) in [6.45, 7) is 1.67. The van der Waals surface area contributed by atoms with Gasteiger partial charge in [0.2, 0.25) is 10.0 Å². The van der Waals surface area contributed by atoms with Crippen molar-refractivity contribution in [3.05, 3.63) is 46.8 Å². The molecule has 2 bridgehead atoms. The lowest BCUT2D eigenvalue weighted by molar-refractivity contribution is -0.0663. The molecule has 11 heteroatoms. The minimum Gasteiger partial charge on any atom is -0.393 e. The van der Waals surface area contributed by atoms with Gasteiger partial charge in [-0.3, -0.25) is 4.79 Å². The number of piperidine rings is 1. The van der Waals surface area contributed by atoms with Gasteiger partial charge in [0.1, 0.15) is 10.6 Å². The Labute approximate surface area is 202 Å². The Morgan fingerprint density at radius 1 is 1.17 bits per heavy atom. The van der Waals surface area contributed by atoms with Crippen molar-refractivity contribution < 1.29 is 32.2 Å². The van der Waals surface area contributed by atoms with E-state index in [1.807, 2.05) is 0 Å². The van der Waals surface area contributed by atoms with E-state index in [1.54, 1.807) is 11.5 Å². The number of benzene rings is 1. The molecule has 2 aromatic rings. The van der Waals surface area contributed by atoms with E-state index in [0.29, 0.717) is 37.1 Å². The Morgan fingerprint density at radius 3 is 2.49 bits per heavy atom. The fraction of sp³-hybridized carbons (Fsp3) is 0.542. The van der Waals surface area contributed by atoms with Crippen molar-refractivity contribution in [2.45, 2.75) is 81.0 Å². The molecule has 3 aliphatic heterocycles. The highest BCUT2D eigenvalue weighted by molar-refractivity contribution is 7.89. The second-order valence-corrected chi connectivity index (χ2v) is 11.7. The molecule has 8 nitrogen and oxygen atoms in total. The minimum atomic E-state index is -4.00. The molecule has 1 amide bonds. The Bertz CT molecular complexity index is 1280. The van der Waals surface area contributed by atoms with Crippen LogP contribution in [0, 0.1) is 18.6 Å². The molecule has 2 unspecified atom stereocenters. The number of aromatic nitrogens is 1. The molecule has 0 aliphatic carbocycles. The summed E-state index contributed by atoms with van der Waals surface area (Å²) in [4.78, 5) is 13.4. The number of amides is 1. The largest absolute Gasteiger partial charge is 0.393 e. The highest BCUT2D eigenvalue weighted by Crippen LogP contribution is 2.45. The number of carbonyl (C=O) groups excluding carboxylic acids is 1. The lowest BCUT2D eigenvalue weighted by Crippen LogP contribution is -2.54. The van der Waals surface area contributed by atoms with Crippen LogP contribution in [0.4, 0.5) is 14.5 Å². The van der Waals surface area contributed by atoms with Crippen LogP contribution in [0.1, 0.15) is 60.3 Å². The maximum absolute atomic E-state index is 14.1. The Morgan fingerprint density at radius 2 is 1.86 bits per heavy atom. The third kappa shape index (κ3) is 3.98. The second kappa shape index (κ2) is 8.65. The molecule has 2 saturated heterocycles. The summed E-state index contributed by atoms with van der Waals surface area (Å²) >= 11 is 0. The number of nitrogens with one attached hydrogen (secondary N) is 1. The van der Waals surface area contributed by atoms with E-state index >= 15 is 0 Å². The second-order valence-electron chi connectivity index (χ2n) is 9.95. The molecular formula is C24H29F2N3O5S. The zero-order chi connectivity index (χ0) is 25.1. The van der Waals surface area contributed by atoms with Crippen molar-refractivity contribution in [1.29, 1.82) is 0 Å². The quantitative estimate of drug-likeness (QED) is 0.574. The first-order valence-corrected chi connectivity index (χ1v) is 13.3. The molecule has 2 atom stereocenters. The summed E-state index contributed by atoms with van der Waals surface area (Å²) in [7, 11) is -4.00. The lowest BCUT2D eigenvalue weighted by Gasteiger charge is -2.42. The van der Waals surface area contributed by atoms with Crippen LogP contribution in [0.5, 0.6) is 0 Å². The van der Waals surface area contributed by atoms with E-state index in [9.17, 15) is 32.2 Å². The topological polar surface area (TPSA) is 112 Å². The third-order valence-electron chi connectivity index (χ3n) is 7.61. The predicted octanol–water partition coefficient (Wildman–Crippen LogP) is 2.70. The van der Waals surface area contributed by atoms with Gasteiger partial charge in [-0.2, -0.15) is 4.31 Å². The van der Waals surface area contributed by atoms with Gasteiger partial charge < -0.3 is 20.1 Å². The Balaban J connectivity index is 1.54. The Hall–Kier alpha value is -2.34. The fourth-order valence-corrected chi connectivity index (χ4v) is 8.50. The molecule has 3 N–H and O–H groups in total. The smallest absolute Gasteiger partial charge is 0.272 e. The molecule has 3 aliphatic rings. The first-order valence-electron chi connectivity index (χ1n) is 11.9. The zero-order valence-corrected chi connectivity index (χ0v) is 20.2. The molecule has 35 heavy (non-hydrogen) atoms. The minimum absolute atomic E-state index is 0.0708. The lowest BCUT2D eigenvalue weighted by atomic mass is 9.88. The van der Waals surface area contributed by atoms with E-state index in [0.717, 1.165) is 25.0 Å². The van der Waals surface area contributed by atoms with Crippen LogP contribution in [0.2, 0.25) is 0 Å². The summed E-state index contributed by atoms with van der Waals surface area (Å²) in [6.07, 6.45) is 3.60. The first-order chi connectivity index (χ1) is 16.6. The van der Waals surface area contributed by atoms with Gasteiger partial charge in [0.15, 0.2) is 11.6 Å². The molecule has 0 spiro atoms. The monoisotopic (exact) mass is 509 g/mol. The van der Waals surface area contributed by atoms with Crippen LogP contribution in [0.3, 0.4) is 0 Å². The van der Waals surface area contributed by atoms with E-state index < -0.39 is 51.9 Å². The summed E-state index contributed by atoms with van der Waals surface area (Å²) < 4.78 is 58.3. The normalized spacial score (nSPS) is 26.5. The zero-order valence-electron chi connectivity index (χ0n) is 19.4. The summed E-state index contributed by atoms with van der Waals surface area (Å²) in [5, 5.41) is 22.8. The third-order valence-corrected chi connectivity index (χ3v) is 9.81. The van der Waals surface area contributed by atoms with Crippen molar-refractivity contribution in [1.82, 2.24) is 8.87 Å². The molecule has 1 aromatic carbocycles. The van der Waals surface area contributed by atoms with Gasteiger partial charge in [0.25, 0.3) is 5.91 Å². The van der Waals surface area contributed by atoms with Crippen molar-refractivity contribution >= 4 is 21.6 Å². The number of hydrogen-bond acceptors (Lipinski definition) is 5. The van der Waals surface area contributed by atoms with Crippen LogP contribution in [0.25, 0.3) is 0 Å². The van der Waals surface area contributed by atoms with Gasteiger partial charge in [-0.1, -0.05) is 0 Å². The number of aliphatic hydroxyl groups excluding tert-OH is 1. The maximum Gasteiger partial charge on any atom is 0.272 e. The molecule has 190 valence electrons. The summed E-state index contributed by atoms with van der Waals surface area (Å²) in [6, 6.07) is 2.20. The van der Waals surface area contributed by atoms with Crippen LogP contribution in [-0.2, 0) is 23.0 Å². The molecular weight excluding hydrogens is 480 g/mol. The molecule has 4 heterocycles. The summed E-state index contributed by atoms with van der Waals surface area (Å²) in [5.74, 6) is -2.71. The fourth-order valence-electron chi connectivity index (χ4n) is 6.15. The number of carbonyl (C=O) groups is 1. The van der Waals surface area contributed by atoms with Gasteiger partial charge in [-0.25, -0.2) is 17.2 Å². The number of anilines is 1. The van der Waals surface area contributed by atoms with Crippen molar-refractivity contribution in [3.63, 3.8) is 0 Å².